The van der Waals surface area contributed by atoms with Crippen LogP contribution in [0.15, 0.2) is 36.5 Å². The van der Waals surface area contributed by atoms with E-state index in [1.165, 1.54) is 11.0 Å². The molecule has 0 bridgehead atoms. The lowest BCUT2D eigenvalue weighted by Gasteiger charge is -2.04. The first kappa shape index (κ1) is 10.4. The number of aryl methyl sites for hydroxylation is 1. The van der Waals surface area contributed by atoms with Gasteiger partial charge >= 0.3 is 0 Å². The first-order valence-corrected chi connectivity index (χ1v) is 5.14. The standard InChI is InChI=1S/C13H11BN2/c1-9-6-13(16-8-12(9)14)11-4-2-10(7-15)3-5-11/h2-6,8H,14H2,1H3. The summed E-state index contributed by atoms with van der Waals surface area (Å²) in [4.78, 5) is 4.38. The van der Waals surface area contributed by atoms with Crippen molar-refractivity contribution >= 4 is 13.3 Å². The molecule has 0 aliphatic rings. The summed E-state index contributed by atoms with van der Waals surface area (Å²) < 4.78 is 0. The van der Waals surface area contributed by atoms with Crippen molar-refractivity contribution in [2.75, 3.05) is 0 Å². The summed E-state index contributed by atoms with van der Waals surface area (Å²) in [7, 11) is 2.05. The molecule has 0 aliphatic heterocycles. The lowest BCUT2D eigenvalue weighted by atomic mass is 9.92. The molecule has 0 aliphatic carbocycles. The third-order valence-electron chi connectivity index (χ3n) is 2.68. The average Bonchev–Trinajstić information content (AvgIpc) is 2.33. The number of hydrogen-bond acceptors (Lipinski definition) is 2. The van der Waals surface area contributed by atoms with Crippen molar-refractivity contribution in [2.45, 2.75) is 6.92 Å². The van der Waals surface area contributed by atoms with Crippen molar-refractivity contribution in [3.63, 3.8) is 0 Å². The zero-order chi connectivity index (χ0) is 11.5. The van der Waals surface area contributed by atoms with E-state index in [-0.39, 0.29) is 0 Å². The Balaban J connectivity index is 2.43. The maximum atomic E-state index is 8.71. The summed E-state index contributed by atoms with van der Waals surface area (Å²) >= 11 is 0. The van der Waals surface area contributed by atoms with E-state index in [0.29, 0.717) is 5.56 Å². The zero-order valence-corrected chi connectivity index (χ0v) is 9.36. The molecular weight excluding hydrogens is 195 g/mol. The monoisotopic (exact) mass is 206 g/mol. The molecule has 1 heterocycles. The number of hydrogen-bond donors (Lipinski definition) is 0. The highest BCUT2D eigenvalue weighted by atomic mass is 14.7. The first-order valence-electron chi connectivity index (χ1n) is 5.14. The van der Waals surface area contributed by atoms with Crippen molar-refractivity contribution in [2.24, 2.45) is 0 Å². The normalized spacial score (nSPS) is 9.75. The predicted molar refractivity (Wildman–Crippen MR) is 67.3 cm³/mol. The van der Waals surface area contributed by atoms with Crippen LogP contribution in [0.1, 0.15) is 11.1 Å². The highest BCUT2D eigenvalue weighted by Crippen LogP contribution is 2.17. The molecule has 1 aromatic carbocycles. The van der Waals surface area contributed by atoms with E-state index >= 15 is 0 Å². The third-order valence-corrected chi connectivity index (χ3v) is 2.68. The third kappa shape index (κ3) is 1.96. The van der Waals surface area contributed by atoms with Gasteiger partial charge in [-0.15, -0.1) is 0 Å². The maximum Gasteiger partial charge on any atom is 0.141 e. The van der Waals surface area contributed by atoms with Gasteiger partial charge in [0.15, 0.2) is 0 Å². The van der Waals surface area contributed by atoms with Gasteiger partial charge in [0.1, 0.15) is 7.85 Å². The summed E-state index contributed by atoms with van der Waals surface area (Å²) in [5.41, 5.74) is 5.09. The highest BCUT2D eigenvalue weighted by molar-refractivity contribution is 6.33. The second kappa shape index (κ2) is 4.20. The summed E-state index contributed by atoms with van der Waals surface area (Å²) in [6.45, 7) is 2.07. The van der Waals surface area contributed by atoms with Gasteiger partial charge in [0.05, 0.1) is 17.3 Å². The lowest BCUT2D eigenvalue weighted by Crippen LogP contribution is -2.08. The van der Waals surface area contributed by atoms with Crippen molar-refractivity contribution in [3.05, 3.63) is 47.7 Å². The van der Waals surface area contributed by atoms with Crippen molar-refractivity contribution in [3.8, 4) is 17.3 Å². The number of nitrogens with zero attached hydrogens (tertiary/aromatic N) is 2. The molecule has 0 unspecified atom stereocenters. The second-order valence-corrected chi connectivity index (χ2v) is 3.84. The van der Waals surface area contributed by atoms with E-state index in [0.717, 1.165) is 11.3 Å². The van der Waals surface area contributed by atoms with E-state index in [9.17, 15) is 0 Å². The van der Waals surface area contributed by atoms with Gasteiger partial charge < -0.3 is 0 Å². The highest BCUT2D eigenvalue weighted by Gasteiger charge is 2.01. The number of nitriles is 1. The molecule has 0 saturated heterocycles. The number of pyridine rings is 1. The van der Waals surface area contributed by atoms with Crippen LogP contribution in [0.25, 0.3) is 11.3 Å². The van der Waals surface area contributed by atoms with Crippen LogP contribution in [0.2, 0.25) is 0 Å². The van der Waals surface area contributed by atoms with Crippen molar-refractivity contribution in [1.29, 1.82) is 5.26 Å². The molecule has 2 nitrogen and oxygen atoms in total. The maximum absolute atomic E-state index is 8.71. The summed E-state index contributed by atoms with van der Waals surface area (Å²) in [5, 5.41) is 8.71. The van der Waals surface area contributed by atoms with Gasteiger partial charge in [0, 0.05) is 11.8 Å². The van der Waals surface area contributed by atoms with Gasteiger partial charge in [0.25, 0.3) is 0 Å². The van der Waals surface area contributed by atoms with Gasteiger partial charge in [-0.05, 0) is 25.1 Å². The topological polar surface area (TPSA) is 36.7 Å². The van der Waals surface area contributed by atoms with Crippen molar-refractivity contribution in [1.82, 2.24) is 4.98 Å². The Hall–Kier alpha value is -2.08. The predicted octanol–water partition coefficient (Wildman–Crippen LogP) is 1.19. The van der Waals surface area contributed by atoms with Gasteiger partial charge in [-0.2, -0.15) is 5.26 Å². The van der Waals surface area contributed by atoms with Crippen LogP contribution >= 0.6 is 0 Å². The Morgan fingerprint density at radius 3 is 2.50 bits per heavy atom. The summed E-state index contributed by atoms with van der Waals surface area (Å²) in [5.74, 6) is 0. The summed E-state index contributed by atoms with van der Waals surface area (Å²) in [6, 6.07) is 11.6. The molecule has 76 valence electrons. The van der Waals surface area contributed by atoms with E-state index in [1.807, 2.05) is 38.3 Å². The molecule has 0 spiro atoms. The average molecular weight is 206 g/mol. The second-order valence-electron chi connectivity index (χ2n) is 3.84. The molecule has 0 amide bonds. The van der Waals surface area contributed by atoms with Crippen LogP contribution in [0.5, 0.6) is 0 Å². The largest absolute Gasteiger partial charge is 0.257 e. The van der Waals surface area contributed by atoms with E-state index < -0.39 is 0 Å². The minimum absolute atomic E-state index is 0.674. The fourth-order valence-electron chi connectivity index (χ4n) is 1.50. The summed E-state index contributed by atoms with van der Waals surface area (Å²) in [6.07, 6.45) is 1.88. The van der Waals surface area contributed by atoms with E-state index in [2.05, 4.69) is 24.0 Å². The van der Waals surface area contributed by atoms with Crippen LogP contribution in [0, 0.1) is 18.3 Å². The molecule has 2 aromatic rings. The van der Waals surface area contributed by atoms with Crippen LogP contribution < -0.4 is 5.46 Å². The van der Waals surface area contributed by atoms with E-state index in [1.54, 1.807) is 0 Å². The minimum Gasteiger partial charge on any atom is -0.257 e. The molecule has 16 heavy (non-hydrogen) atoms. The SMILES string of the molecule is Bc1cnc(-c2ccc(C#N)cc2)cc1C. The molecule has 0 fully saturated rings. The van der Waals surface area contributed by atoms with Crippen molar-refractivity contribution < 1.29 is 0 Å². The van der Waals surface area contributed by atoms with Crippen LogP contribution in [-0.4, -0.2) is 12.8 Å². The quantitative estimate of drug-likeness (QED) is 0.657. The smallest absolute Gasteiger partial charge is 0.141 e. The Bertz CT molecular complexity index is 553. The Morgan fingerprint density at radius 1 is 1.25 bits per heavy atom. The van der Waals surface area contributed by atoms with Gasteiger partial charge in [-0.3, -0.25) is 4.98 Å². The zero-order valence-electron chi connectivity index (χ0n) is 9.36. The number of benzene rings is 1. The molecule has 1 aromatic heterocycles. The Morgan fingerprint density at radius 2 is 1.94 bits per heavy atom. The van der Waals surface area contributed by atoms with Gasteiger partial charge in [0.2, 0.25) is 0 Å². The van der Waals surface area contributed by atoms with Crippen LogP contribution in [0.4, 0.5) is 0 Å². The number of rotatable bonds is 1. The number of aromatic nitrogens is 1. The molecule has 0 N–H and O–H groups in total. The Kier molecular flexibility index (Phi) is 2.74. The lowest BCUT2D eigenvalue weighted by molar-refractivity contribution is 1.31. The first-order chi connectivity index (χ1) is 7.70. The molecule has 0 atom stereocenters. The molecule has 0 radical (unpaired) electrons. The minimum atomic E-state index is 0.674. The van der Waals surface area contributed by atoms with Gasteiger partial charge in [-0.25, -0.2) is 0 Å². The van der Waals surface area contributed by atoms with Crippen LogP contribution in [-0.2, 0) is 0 Å². The molecular formula is C13H11BN2. The Labute approximate surface area is 96.0 Å². The van der Waals surface area contributed by atoms with Gasteiger partial charge in [-0.1, -0.05) is 23.2 Å². The van der Waals surface area contributed by atoms with E-state index in [4.69, 9.17) is 5.26 Å². The fraction of sp³-hybridized carbons (Fsp3) is 0.0769. The fourth-order valence-corrected chi connectivity index (χ4v) is 1.50. The van der Waals surface area contributed by atoms with Crippen LogP contribution in [0.3, 0.4) is 0 Å². The molecule has 2 rings (SSSR count). The molecule has 0 saturated carbocycles. The molecule has 3 heteroatoms.